The van der Waals surface area contributed by atoms with Crippen molar-refractivity contribution in [3.05, 3.63) is 35.4 Å². The third-order valence-electron chi connectivity index (χ3n) is 3.38. The summed E-state index contributed by atoms with van der Waals surface area (Å²) in [5.74, 6) is 0. The summed E-state index contributed by atoms with van der Waals surface area (Å²) in [4.78, 5) is 0. The van der Waals surface area contributed by atoms with E-state index in [9.17, 15) is 0 Å². The molecule has 2 heteroatoms. The summed E-state index contributed by atoms with van der Waals surface area (Å²) >= 11 is 0. The van der Waals surface area contributed by atoms with Gasteiger partial charge in [0, 0.05) is 18.7 Å². The lowest BCUT2D eigenvalue weighted by atomic mass is 10.0. The lowest BCUT2D eigenvalue weighted by Crippen LogP contribution is -2.36. The van der Waals surface area contributed by atoms with E-state index >= 15 is 0 Å². The first-order valence-electron chi connectivity index (χ1n) is 6.11. The maximum absolute atomic E-state index is 5.56. The first kappa shape index (κ1) is 11.6. The summed E-state index contributed by atoms with van der Waals surface area (Å²) in [6, 6.07) is 9.59. The van der Waals surface area contributed by atoms with Crippen molar-refractivity contribution in [3.63, 3.8) is 0 Å². The number of rotatable bonds is 3. The lowest BCUT2D eigenvalue weighted by molar-refractivity contribution is 0.111. The summed E-state index contributed by atoms with van der Waals surface area (Å²) in [6.07, 6.45) is 1.46. The van der Waals surface area contributed by atoms with Crippen LogP contribution in [0.3, 0.4) is 0 Å². The topological polar surface area (TPSA) is 21.3 Å². The molecule has 0 aromatic heterocycles. The zero-order chi connectivity index (χ0) is 11.5. The Balaban J connectivity index is 1.99. The molecule has 2 unspecified atom stereocenters. The van der Waals surface area contributed by atoms with Gasteiger partial charge in [-0.3, -0.25) is 0 Å². The van der Waals surface area contributed by atoms with Gasteiger partial charge in [-0.05, 0) is 32.8 Å². The lowest BCUT2D eigenvalue weighted by Gasteiger charge is -2.22. The number of hydrogen-bond acceptors (Lipinski definition) is 2. The Morgan fingerprint density at radius 1 is 1.44 bits per heavy atom. The monoisotopic (exact) mass is 219 g/mol. The number of ether oxygens (including phenoxy) is 1. The Hall–Kier alpha value is -0.860. The Bertz CT molecular complexity index is 350. The molecule has 3 atom stereocenters. The number of aryl methyl sites for hydroxylation is 1. The van der Waals surface area contributed by atoms with Gasteiger partial charge in [-0.25, -0.2) is 0 Å². The normalized spacial score (nSPS) is 26.9. The molecule has 0 saturated carbocycles. The van der Waals surface area contributed by atoms with E-state index in [1.807, 2.05) is 0 Å². The molecule has 1 aromatic rings. The van der Waals surface area contributed by atoms with Gasteiger partial charge in [-0.15, -0.1) is 0 Å². The van der Waals surface area contributed by atoms with Crippen molar-refractivity contribution < 1.29 is 4.74 Å². The smallest absolute Gasteiger partial charge is 0.0700 e. The van der Waals surface area contributed by atoms with Gasteiger partial charge in [0.25, 0.3) is 0 Å². The Morgan fingerprint density at radius 2 is 2.25 bits per heavy atom. The van der Waals surface area contributed by atoms with Crippen LogP contribution in [0, 0.1) is 6.92 Å². The molecule has 1 aliphatic rings. The zero-order valence-electron chi connectivity index (χ0n) is 10.4. The molecule has 0 radical (unpaired) electrons. The summed E-state index contributed by atoms with van der Waals surface area (Å²) in [5.41, 5.74) is 2.68. The van der Waals surface area contributed by atoms with Crippen LogP contribution >= 0.6 is 0 Å². The van der Waals surface area contributed by atoms with Crippen LogP contribution < -0.4 is 5.32 Å². The van der Waals surface area contributed by atoms with Gasteiger partial charge in [0.1, 0.15) is 0 Å². The van der Waals surface area contributed by atoms with Gasteiger partial charge < -0.3 is 10.1 Å². The Labute approximate surface area is 98.0 Å². The van der Waals surface area contributed by atoms with Crippen molar-refractivity contribution in [2.45, 2.75) is 45.4 Å². The summed E-state index contributed by atoms with van der Waals surface area (Å²) in [7, 11) is 0. The third kappa shape index (κ3) is 2.63. The van der Waals surface area contributed by atoms with Crippen LogP contribution in [-0.2, 0) is 4.74 Å². The maximum atomic E-state index is 5.56. The van der Waals surface area contributed by atoms with Crippen LogP contribution in [0.5, 0.6) is 0 Å². The van der Waals surface area contributed by atoms with E-state index in [1.165, 1.54) is 11.1 Å². The molecule has 2 rings (SSSR count). The van der Waals surface area contributed by atoms with Crippen molar-refractivity contribution >= 4 is 0 Å². The van der Waals surface area contributed by atoms with E-state index in [-0.39, 0.29) is 0 Å². The molecule has 0 amide bonds. The van der Waals surface area contributed by atoms with Gasteiger partial charge in [-0.2, -0.15) is 0 Å². The summed E-state index contributed by atoms with van der Waals surface area (Å²) in [6.45, 7) is 7.39. The van der Waals surface area contributed by atoms with Crippen molar-refractivity contribution in [1.82, 2.24) is 5.32 Å². The van der Waals surface area contributed by atoms with E-state index < -0.39 is 0 Å². The van der Waals surface area contributed by atoms with E-state index in [4.69, 9.17) is 4.74 Å². The van der Waals surface area contributed by atoms with Crippen LogP contribution in [0.4, 0.5) is 0 Å². The van der Waals surface area contributed by atoms with Crippen molar-refractivity contribution in [3.8, 4) is 0 Å². The van der Waals surface area contributed by atoms with Crippen LogP contribution in [0.2, 0.25) is 0 Å². The second-order valence-electron chi connectivity index (χ2n) is 4.77. The fourth-order valence-corrected chi connectivity index (χ4v) is 2.31. The van der Waals surface area contributed by atoms with Crippen molar-refractivity contribution in [2.75, 3.05) is 6.61 Å². The molecule has 0 bridgehead atoms. The quantitative estimate of drug-likeness (QED) is 0.844. The number of hydrogen-bond donors (Lipinski definition) is 1. The highest BCUT2D eigenvalue weighted by molar-refractivity contribution is 5.24. The molecule has 0 aliphatic carbocycles. The fourth-order valence-electron chi connectivity index (χ4n) is 2.31. The minimum Gasteiger partial charge on any atom is -0.377 e. The molecule has 1 saturated heterocycles. The predicted molar refractivity (Wildman–Crippen MR) is 66.5 cm³/mol. The largest absolute Gasteiger partial charge is 0.377 e. The van der Waals surface area contributed by atoms with E-state index in [0.717, 1.165) is 13.0 Å². The minimum absolute atomic E-state index is 0.340. The van der Waals surface area contributed by atoms with Crippen LogP contribution in [0.15, 0.2) is 24.3 Å². The standard InChI is InChI=1S/C14H21NO/c1-10-5-4-6-13(9-10)11(2)15-14-7-8-16-12(14)3/h4-6,9,11-12,14-15H,7-8H2,1-3H3/t11-,12?,14?/m0/s1. The fraction of sp³-hybridized carbons (Fsp3) is 0.571. The Morgan fingerprint density at radius 3 is 2.88 bits per heavy atom. The van der Waals surface area contributed by atoms with Gasteiger partial charge in [0.2, 0.25) is 0 Å². The predicted octanol–water partition coefficient (Wildman–Crippen LogP) is 2.82. The third-order valence-corrected chi connectivity index (χ3v) is 3.38. The number of benzene rings is 1. The summed E-state index contributed by atoms with van der Waals surface area (Å²) < 4.78 is 5.56. The van der Waals surface area contributed by atoms with Crippen molar-refractivity contribution in [1.29, 1.82) is 0 Å². The molecule has 2 nitrogen and oxygen atoms in total. The van der Waals surface area contributed by atoms with Gasteiger partial charge in [0.05, 0.1) is 6.10 Å². The average molecular weight is 219 g/mol. The molecule has 16 heavy (non-hydrogen) atoms. The maximum Gasteiger partial charge on any atom is 0.0700 e. The number of nitrogens with one attached hydrogen (secondary N) is 1. The SMILES string of the molecule is Cc1cccc([C@H](C)NC2CCOC2C)c1. The molecule has 1 heterocycles. The highest BCUT2D eigenvalue weighted by atomic mass is 16.5. The molecule has 1 aromatic carbocycles. The van der Waals surface area contributed by atoms with Gasteiger partial charge in [-0.1, -0.05) is 29.8 Å². The Kier molecular flexibility index (Phi) is 3.62. The zero-order valence-corrected chi connectivity index (χ0v) is 10.4. The average Bonchev–Trinajstić information content (AvgIpc) is 2.64. The van der Waals surface area contributed by atoms with Crippen molar-refractivity contribution in [2.24, 2.45) is 0 Å². The molecule has 88 valence electrons. The van der Waals surface area contributed by atoms with Crippen LogP contribution in [0.1, 0.15) is 37.4 Å². The molecular weight excluding hydrogens is 198 g/mol. The van der Waals surface area contributed by atoms with Gasteiger partial charge >= 0.3 is 0 Å². The second kappa shape index (κ2) is 4.98. The molecule has 1 aliphatic heterocycles. The van der Waals surface area contributed by atoms with E-state index in [1.54, 1.807) is 0 Å². The van der Waals surface area contributed by atoms with Gasteiger partial charge in [0.15, 0.2) is 0 Å². The minimum atomic E-state index is 0.340. The first-order valence-corrected chi connectivity index (χ1v) is 6.11. The molecule has 1 fully saturated rings. The summed E-state index contributed by atoms with van der Waals surface area (Å²) in [5, 5.41) is 3.65. The highest BCUT2D eigenvalue weighted by Crippen LogP contribution is 2.19. The first-order chi connectivity index (χ1) is 7.66. The second-order valence-corrected chi connectivity index (χ2v) is 4.77. The van der Waals surface area contributed by atoms with Crippen LogP contribution in [-0.4, -0.2) is 18.8 Å². The van der Waals surface area contributed by atoms with E-state index in [2.05, 4.69) is 50.4 Å². The highest BCUT2D eigenvalue weighted by Gasteiger charge is 2.25. The molecule has 0 spiro atoms. The molecule has 1 N–H and O–H groups in total. The van der Waals surface area contributed by atoms with Crippen LogP contribution in [0.25, 0.3) is 0 Å². The van der Waals surface area contributed by atoms with E-state index in [0.29, 0.717) is 18.2 Å². The molecular formula is C14H21NO.